The fourth-order valence-corrected chi connectivity index (χ4v) is 4.71. The minimum absolute atomic E-state index is 0.0186. The summed E-state index contributed by atoms with van der Waals surface area (Å²) in [7, 11) is 0. The Balaban J connectivity index is 1.49. The third-order valence-corrected chi connectivity index (χ3v) is 7.14. The van der Waals surface area contributed by atoms with Gasteiger partial charge in [0.15, 0.2) is 23.3 Å². The van der Waals surface area contributed by atoms with Gasteiger partial charge in [0.1, 0.15) is 11.4 Å². The maximum absolute atomic E-state index is 14.0. The zero-order valence-electron chi connectivity index (χ0n) is 22.9. The van der Waals surface area contributed by atoms with Gasteiger partial charge in [-0.3, -0.25) is 14.4 Å². The van der Waals surface area contributed by atoms with Crippen molar-refractivity contribution in [1.82, 2.24) is 5.32 Å². The largest absolute Gasteiger partial charge is 0.321 e. The number of nitrogens with one attached hydrogen (secondary N) is 3. The molecule has 1 unspecified atom stereocenters. The number of carbonyl (C=O) groups is 3. The molecule has 220 valence electrons. The van der Waals surface area contributed by atoms with Crippen LogP contribution in [0.15, 0.2) is 95.5 Å². The van der Waals surface area contributed by atoms with Crippen molar-refractivity contribution in [2.45, 2.75) is 24.0 Å². The molecule has 43 heavy (non-hydrogen) atoms. The van der Waals surface area contributed by atoms with Crippen molar-refractivity contribution in [2.75, 3.05) is 10.6 Å². The normalized spacial score (nSPS) is 11.9. The van der Waals surface area contributed by atoms with E-state index in [9.17, 15) is 31.9 Å². The minimum Gasteiger partial charge on any atom is -0.321 e. The van der Waals surface area contributed by atoms with Crippen molar-refractivity contribution in [3.8, 4) is 0 Å². The second kappa shape index (κ2) is 13.8. The van der Waals surface area contributed by atoms with Crippen LogP contribution in [0.3, 0.4) is 0 Å². The number of carbonyl (C=O) groups excluding carboxylic acids is 3. The summed E-state index contributed by atoms with van der Waals surface area (Å²) in [6, 6.07) is 22.2. The molecule has 4 aromatic carbocycles. The number of hydrogen-bond acceptors (Lipinski definition) is 4. The maximum atomic E-state index is 14.0. The van der Waals surface area contributed by atoms with Crippen LogP contribution >= 0.6 is 11.8 Å². The fraction of sp³-hybridized carbons (Fsp3) is 0.0938. The Kier molecular flexibility index (Phi) is 9.99. The molecule has 0 saturated carbocycles. The van der Waals surface area contributed by atoms with Crippen LogP contribution in [0, 0.1) is 30.2 Å². The third kappa shape index (κ3) is 8.10. The lowest BCUT2D eigenvalue weighted by atomic mass is 10.1. The van der Waals surface area contributed by atoms with Gasteiger partial charge in [-0.1, -0.05) is 54.1 Å². The van der Waals surface area contributed by atoms with Gasteiger partial charge in [-0.2, -0.15) is 0 Å². The lowest BCUT2D eigenvalue weighted by molar-refractivity contribution is -0.115. The van der Waals surface area contributed by atoms with E-state index in [1.165, 1.54) is 13.0 Å². The molecule has 0 aromatic heterocycles. The van der Waals surface area contributed by atoms with Gasteiger partial charge in [-0.15, -0.1) is 11.8 Å². The SMILES string of the molecule is Cc1ccc(/C=C(/NC(=O)c2ccccc2)C(=O)Nc2cccc(SC(C)C(=O)Nc3c(F)c(F)cc(F)c3F)c2)cc1. The molecule has 4 aromatic rings. The molecule has 3 amide bonds. The lowest BCUT2D eigenvalue weighted by Crippen LogP contribution is -2.30. The van der Waals surface area contributed by atoms with Crippen LogP contribution in [0.5, 0.6) is 0 Å². The monoisotopic (exact) mass is 607 g/mol. The number of hydrogen-bond donors (Lipinski definition) is 3. The van der Waals surface area contributed by atoms with Crippen LogP contribution in [0.4, 0.5) is 28.9 Å². The van der Waals surface area contributed by atoms with Crippen LogP contribution in [-0.4, -0.2) is 23.0 Å². The van der Waals surface area contributed by atoms with Crippen molar-refractivity contribution >= 4 is 46.9 Å². The van der Waals surface area contributed by atoms with Gasteiger partial charge in [0.2, 0.25) is 5.91 Å². The zero-order valence-corrected chi connectivity index (χ0v) is 23.7. The van der Waals surface area contributed by atoms with Gasteiger partial charge < -0.3 is 16.0 Å². The summed E-state index contributed by atoms with van der Waals surface area (Å²) in [5.41, 5.74) is 1.15. The second-order valence-corrected chi connectivity index (χ2v) is 10.8. The van der Waals surface area contributed by atoms with E-state index in [0.29, 0.717) is 21.7 Å². The minimum atomic E-state index is -1.72. The molecule has 0 aliphatic rings. The van der Waals surface area contributed by atoms with Crippen molar-refractivity contribution in [1.29, 1.82) is 0 Å². The standard InChI is InChI=1S/C32H25F4N3O3S/c1-18-11-13-20(14-12-18)15-26(38-31(41)21-7-4-3-5-8-21)32(42)37-22-9-6-10-23(16-22)43-19(2)30(40)39-29-27(35)24(33)17-25(34)28(29)36/h3-17,19H,1-2H3,(H,37,42)(H,38,41)(H,39,40)/b26-15+. The molecule has 0 heterocycles. The highest BCUT2D eigenvalue weighted by atomic mass is 32.2. The first kappa shape index (κ1) is 31.0. The predicted molar refractivity (Wildman–Crippen MR) is 158 cm³/mol. The molecule has 0 saturated heterocycles. The predicted octanol–water partition coefficient (Wildman–Crippen LogP) is 7.08. The molecule has 0 radical (unpaired) electrons. The van der Waals surface area contributed by atoms with Gasteiger partial charge in [0, 0.05) is 22.2 Å². The molecule has 6 nitrogen and oxygen atoms in total. The van der Waals surface area contributed by atoms with Gasteiger partial charge in [0.05, 0.1) is 5.25 Å². The highest BCUT2D eigenvalue weighted by molar-refractivity contribution is 8.00. The topological polar surface area (TPSA) is 87.3 Å². The van der Waals surface area contributed by atoms with Crippen LogP contribution in [0.2, 0.25) is 0 Å². The van der Waals surface area contributed by atoms with E-state index in [1.54, 1.807) is 66.7 Å². The van der Waals surface area contributed by atoms with Crippen LogP contribution in [-0.2, 0) is 9.59 Å². The Morgan fingerprint density at radius 1 is 0.791 bits per heavy atom. The summed E-state index contributed by atoms with van der Waals surface area (Å²) in [6.07, 6.45) is 1.54. The number of thioether (sulfide) groups is 1. The Morgan fingerprint density at radius 3 is 2.09 bits per heavy atom. The Bertz CT molecular complexity index is 1670. The number of rotatable bonds is 9. The van der Waals surface area contributed by atoms with Crippen molar-refractivity contribution in [2.24, 2.45) is 0 Å². The average molecular weight is 608 g/mol. The van der Waals surface area contributed by atoms with Gasteiger partial charge in [0.25, 0.3) is 11.8 Å². The van der Waals surface area contributed by atoms with E-state index in [0.717, 1.165) is 17.3 Å². The first-order chi connectivity index (χ1) is 20.5. The van der Waals surface area contributed by atoms with E-state index in [1.807, 2.05) is 24.4 Å². The fourth-order valence-electron chi connectivity index (χ4n) is 3.78. The van der Waals surface area contributed by atoms with Crippen LogP contribution in [0.25, 0.3) is 6.08 Å². The summed E-state index contributed by atoms with van der Waals surface area (Å²) < 4.78 is 55.0. The Labute approximate surface area is 249 Å². The average Bonchev–Trinajstić information content (AvgIpc) is 2.99. The summed E-state index contributed by atoms with van der Waals surface area (Å²) in [6.45, 7) is 3.35. The summed E-state index contributed by atoms with van der Waals surface area (Å²) in [4.78, 5) is 39.2. The van der Waals surface area contributed by atoms with Crippen molar-refractivity contribution in [3.63, 3.8) is 0 Å². The maximum Gasteiger partial charge on any atom is 0.272 e. The summed E-state index contributed by atoms with van der Waals surface area (Å²) >= 11 is 0.972. The summed E-state index contributed by atoms with van der Waals surface area (Å²) in [5.74, 6) is -8.73. The van der Waals surface area contributed by atoms with Crippen LogP contribution < -0.4 is 16.0 Å². The number of amides is 3. The first-order valence-corrected chi connectivity index (χ1v) is 13.8. The number of aryl methyl sites for hydroxylation is 1. The van der Waals surface area contributed by atoms with E-state index in [4.69, 9.17) is 0 Å². The van der Waals surface area contributed by atoms with E-state index >= 15 is 0 Å². The first-order valence-electron chi connectivity index (χ1n) is 12.9. The molecule has 11 heteroatoms. The molecular weight excluding hydrogens is 582 g/mol. The highest BCUT2D eigenvalue weighted by Crippen LogP contribution is 2.29. The van der Waals surface area contributed by atoms with E-state index in [-0.39, 0.29) is 11.8 Å². The highest BCUT2D eigenvalue weighted by Gasteiger charge is 2.24. The third-order valence-electron chi connectivity index (χ3n) is 6.05. The second-order valence-electron chi connectivity index (χ2n) is 9.36. The molecule has 1 atom stereocenters. The lowest BCUT2D eigenvalue weighted by Gasteiger charge is -2.15. The molecule has 0 aliphatic carbocycles. The summed E-state index contributed by atoms with van der Waals surface area (Å²) in [5, 5.41) is 6.31. The van der Waals surface area contributed by atoms with E-state index < -0.39 is 51.9 Å². The van der Waals surface area contributed by atoms with Crippen molar-refractivity contribution < 1.29 is 31.9 Å². The molecule has 0 aliphatic heterocycles. The Hall–Kier alpha value is -4.90. The zero-order chi connectivity index (χ0) is 31.1. The van der Waals surface area contributed by atoms with Gasteiger partial charge >= 0.3 is 0 Å². The molecular formula is C32H25F4N3O3S. The molecule has 0 bridgehead atoms. The number of halogens is 4. The Morgan fingerprint density at radius 2 is 1.44 bits per heavy atom. The molecule has 3 N–H and O–H groups in total. The van der Waals surface area contributed by atoms with Crippen molar-refractivity contribution in [3.05, 3.63) is 131 Å². The molecule has 0 fully saturated rings. The van der Waals surface area contributed by atoms with E-state index in [2.05, 4.69) is 10.6 Å². The van der Waals surface area contributed by atoms with Crippen LogP contribution in [0.1, 0.15) is 28.4 Å². The molecule has 0 spiro atoms. The quantitative estimate of drug-likeness (QED) is 0.0822. The smallest absolute Gasteiger partial charge is 0.272 e. The van der Waals surface area contributed by atoms with Gasteiger partial charge in [-0.05, 0) is 55.8 Å². The number of anilines is 2. The molecule has 4 rings (SSSR count). The number of benzene rings is 4. The van der Waals surface area contributed by atoms with Gasteiger partial charge in [-0.25, -0.2) is 17.6 Å².